The molecule has 2 aromatic rings. The summed E-state index contributed by atoms with van der Waals surface area (Å²) in [5.74, 6) is 0.664. The number of hydrogen-bond acceptors (Lipinski definition) is 6. The summed E-state index contributed by atoms with van der Waals surface area (Å²) >= 11 is 0. The molecule has 3 N–H and O–H groups in total. The van der Waals surface area contributed by atoms with Gasteiger partial charge in [0.1, 0.15) is 5.82 Å². The monoisotopic (exact) mass is 479 g/mol. The van der Waals surface area contributed by atoms with Gasteiger partial charge in [0.15, 0.2) is 0 Å². The van der Waals surface area contributed by atoms with E-state index < -0.39 is 6.10 Å². The van der Waals surface area contributed by atoms with Crippen molar-refractivity contribution >= 4 is 17.6 Å². The Morgan fingerprint density at radius 1 is 1.14 bits per heavy atom. The molecule has 1 saturated heterocycles. The molecular weight excluding hydrogens is 442 g/mol. The van der Waals surface area contributed by atoms with E-state index in [-0.39, 0.29) is 24.4 Å². The number of β-amino-alcohol motifs (C(OH)–C–C–N with tert-alkyl or cyclic N) is 1. The van der Waals surface area contributed by atoms with E-state index in [1.807, 2.05) is 17.9 Å². The predicted octanol–water partition coefficient (Wildman–Crippen LogP) is 2.43. The quantitative estimate of drug-likeness (QED) is 0.511. The zero-order valence-corrected chi connectivity index (χ0v) is 20.6. The normalized spacial score (nSPS) is 17.5. The van der Waals surface area contributed by atoms with Gasteiger partial charge in [-0.25, -0.2) is 4.98 Å². The highest BCUT2D eigenvalue weighted by molar-refractivity contribution is 5.94. The summed E-state index contributed by atoms with van der Waals surface area (Å²) in [6, 6.07) is 12.1. The number of fused-ring (bicyclic) bond motifs is 1. The Morgan fingerprint density at radius 2 is 1.91 bits per heavy atom. The van der Waals surface area contributed by atoms with Crippen LogP contribution in [0.25, 0.3) is 0 Å². The van der Waals surface area contributed by atoms with Gasteiger partial charge in [0.25, 0.3) is 5.91 Å². The highest BCUT2D eigenvalue weighted by Gasteiger charge is 2.23. The van der Waals surface area contributed by atoms with Crippen LogP contribution in [-0.4, -0.2) is 76.6 Å². The molecule has 2 amide bonds. The van der Waals surface area contributed by atoms with Crippen molar-refractivity contribution in [1.29, 1.82) is 0 Å². The van der Waals surface area contributed by atoms with Crippen LogP contribution in [0.3, 0.4) is 0 Å². The van der Waals surface area contributed by atoms with Crippen LogP contribution in [0.2, 0.25) is 0 Å². The van der Waals surface area contributed by atoms with Crippen molar-refractivity contribution in [1.82, 2.24) is 20.1 Å². The number of carbonyl (C=O) groups is 2. The van der Waals surface area contributed by atoms with Crippen LogP contribution < -0.4 is 10.6 Å². The second-order valence-electron chi connectivity index (χ2n) is 9.60. The first kappa shape index (κ1) is 25.1. The number of rotatable bonds is 9. The van der Waals surface area contributed by atoms with E-state index in [4.69, 9.17) is 0 Å². The lowest BCUT2D eigenvalue weighted by Gasteiger charge is -2.32. The van der Waals surface area contributed by atoms with Gasteiger partial charge in [-0.2, -0.15) is 0 Å². The lowest BCUT2D eigenvalue weighted by Crippen LogP contribution is -2.42. The number of amides is 2. The number of aliphatic hydroxyl groups is 1. The number of aromatic nitrogens is 1. The Labute approximate surface area is 207 Å². The van der Waals surface area contributed by atoms with Crippen molar-refractivity contribution in [3.8, 4) is 0 Å². The summed E-state index contributed by atoms with van der Waals surface area (Å²) in [7, 11) is 0. The highest BCUT2D eigenvalue weighted by atomic mass is 16.3. The summed E-state index contributed by atoms with van der Waals surface area (Å²) in [5.41, 5.74) is 3.20. The third-order valence-corrected chi connectivity index (χ3v) is 6.86. The number of piperidine rings is 1. The van der Waals surface area contributed by atoms with Crippen LogP contribution in [0.4, 0.5) is 5.82 Å². The minimum absolute atomic E-state index is 0.201. The van der Waals surface area contributed by atoms with Gasteiger partial charge in [-0.3, -0.25) is 14.5 Å². The molecule has 1 aromatic heterocycles. The first-order valence-electron chi connectivity index (χ1n) is 12.8. The van der Waals surface area contributed by atoms with Gasteiger partial charge in [-0.1, -0.05) is 31.2 Å². The largest absolute Gasteiger partial charge is 0.390 e. The van der Waals surface area contributed by atoms with Gasteiger partial charge >= 0.3 is 0 Å². The smallest absolute Gasteiger partial charge is 0.251 e. The topological polar surface area (TPSA) is 97.8 Å². The van der Waals surface area contributed by atoms with Crippen molar-refractivity contribution in [2.24, 2.45) is 0 Å². The number of likely N-dealkylation sites (tertiary alicyclic amines) is 1. The fourth-order valence-corrected chi connectivity index (χ4v) is 4.89. The Hall–Kier alpha value is -2.97. The molecule has 8 heteroatoms. The van der Waals surface area contributed by atoms with Crippen LogP contribution >= 0.6 is 0 Å². The maximum absolute atomic E-state index is 12.7. The molecule has 1 atom stereocenters. The Balaban J connectivity index is 1.21. The summed E-state index contributed by atoms with van der Waals surface area (Å²) in [6.45, 7) is 5.98. The third kappa shape index (κ3) is 7.02. The number of nitrogens with zero attached hydrogens (tertiary/aromatic N) is 3. The van der Waals surface area contributed by atoms with E-state index in [2.05, 4.69) is 38.7 Å². The SMILES string of the molecule is CCCC(=O)N1CCC(Nc2cc(C(=O)NC[C@H](O)CN3CCc4ccccc4C3)ccn2)CC1. The molecule has 0 aliphatic carbocycles. The Morgan fingerprint density at radius 3 is 2.69 bits per heavy atom. The molecule has 4 rings (SSSR count). The van der Waals surface area contributed by atoms with Gasteiger partial charge < -0.3 is 20.6 Å². The molecule has 0 bridgehead atoms. The average molecular weight is 480 g/mol. The number of pyridine rings is 1. The standard InChI is InChI=1S/C27H37N5O3/c1-2-5-26(34)32-14-10-23(11-15-32)30-25-16-21(8-12-28-25)27(35)29-17-24(33)19-31-13-9-20-6-3-4-7-22(20)18-31/h3-4,6-8,12,16,23-24,33H,2,5,9-11,13-15,17-19H2,1H3,(H,28,30)(H,29,35)/t24-/m0/s1. The maximum atomic E-state index is 12.7. The molecule has 1 fully saturated rings. The second-order valence-corrected chi connectivity index (χ2v) is 9.60. The molecule has 188 valence electrons. The van der Waals surface area contributed by atoms with E-state index in [0.29, 0.717) is 24.3 Å². The van der Waals surface area contributed by atoms with Gasteiger partial charge in [-0.05, 0) is 48.9 Å². The van der Waals surface area contributed by atoms with E-state index in [1.165, 1.54) is 11.1 Å². The van der Waals surface area contributed by atoms with Crippen molar-refractivity contribution in [3.05, 3.63) is 59.3 Å². The average Bonchev–Trinajstić information content (AvgIpc) is 2.88. The lowest BCUT2D eigenvalue weighted by atomic mass is 10.00. The van der Waals surface area contributed by atoms with Crippen LogP contribution in [0.1, 0.15) is 54.1 Å². The molecular formula is C27H37N5O3. The molecule has 0 saturated carbocycles. The first-order chi connectivity index (χ1) is 17.0. The van der Waals surface area contributed by atoms with E-state index in [9.17, 15) is 14.7 Å². The van der Waals surface area contributed by atoms with Crippen molar-refractivity contribution in [2.75, 3.05) is 38.0 Å². The molecule has 3 heterocycles. The van der Waals surface area contributed by atoms with E-state index >= 15 is 0 Å². The number of benzene rings is 1. The van der Waals surface area contributed by atoms with Gasteiger partial charge in [0, 0.05) is 63.5 Å². The lowest BCUT2D eigenvalue weighted by molar-refractivity contribution is -0.132. The van der Waals surface area contributed by atoms with Crippen LogP contribution in [0.5, 0.6) is 0 Å². The summed E-state index contributed by atoms with van der Waals surface area (Å²) in [5, 5.41) is 16.8. The van der Waals surface area contributed by atoms with Crippen LogP contribution in [-0.2, 0) is 17.8 Å². The Bertz CT molecular complexity index is 1010. The van der Waals surface area contributed by atoms with Crippen molar-refractivity contribution in [3.63, 3.8) is 0 Å². The van der Waals surface area contributed by atoms with Gasteiger partial charge in [-0.15, -0.1) is 0 Å². The fourth-order valence-electron chi connectivity index (χ4n) is 4.89. The third-order valence-electron chi connectivity index (χ3n) is 6.86. The summed E-state index contributed by atoms with van der Waals surface area (Å²) in [6.07, 6.45) is 5.18. The predicted molar refractivity (Wildman–Crippen MR) is 136 cm³/mol. The summed E-state index contributed by atoms with van der Waals surface area (Å²) in [4.78, 5) is 33.3. The maximum Gasteiger partial charge on any atom is 0.251 e. The zero-order valence-electron chi connectivity index (χ0n) is 20.6. The van der Waals surface area contributed by atoms with Gasteiger partial charge in [0.05, 0.1) is 6.10 Å². The molecule has 1 aromatic carbocycles. The summed E-state index contributed by atoms with van der Waals surface area (Å²) < 4.78 is 0. The molecule has 2 aliphatic rings. The number of anilines is 1. The number of aliphatic hydroxyl groups excluding tert-OH is 1. The molecule has 2 aliphatic heterocycles. The van der Waals surface area contributed by atoms with Crippen molar-refractivity contribution in [2.45, 2.75) is 57.7 Å². The fraction of sp³-hybridized carbons (Fsp3) is 0.519. The first-order valence-corrected chi connectivity index (χ1v) is 12.8. The highest BCUT2D eigenvalue weighted by Crippen LogP contribution is 2.19. The van der Waals surface area contributed by atoms with Crippen LogP contribution in [0, 0.1) is 0 Å². The molecule has 8 nitrogen and oxygen atoms in total. The Kier molecular flexibility index (Phi) is 8.71. The molecule has 0 spiro atoms. The zero-order chi connectivity index (χ0) is 24.6. The molecule has 0 unspecified atom stereocenters. The number of nitrogens with one attached hydrogen (secondary N) is 2. The van der Waals surface area contributed by atoms with E-state index in [0.717, 1.165) is 51.9 Å². The van der Waals surface area contributed by atoms with Crippen LogP contribution in [0.15, 0.2) is 42.6 Å². The number of carbonyl (C=O) groups excluding carboxylic acids is 2. The minimum atomic E-state index is -0.635. The van der Waals surface area contributed by atoms with E-state index in [1.54, 1.807) is 18.3 Å². The number of hydrogen-bond donors (Lipinski definition) is 3. The van der Waals surface area contributed by atoms with Crippen molar-refractivity contribution < 1.29 is 14.7 Å². The molecule has 35 heavy (non-hydrogen) atoms. The second kappa shape index (κ2) is 12.1. The van der Waals surface area contributed by atoms with Gasteiger partial charge in [0.2, 0.25) is 5.91 Å². The molecule has 0 radical (unpaired) electrons. The minimum Gasteiger partial charge on any atom is -0.390 e.